The number of carbonyl (C=O) groups is 1. The van der Waals surface area contributed by atoms with Crippen LogP contribution in [-0.4, -0.2) is 45.1 Å². The number of likely N-dealkylation sites (tertiary alicyclic amines) is 1. The second kappa shape index (κ2) is 6.48. The number of aromatic nitrogens is 2. The predicted molar refractivity (Wildman–Crippen MR) is 86.3 cm³/mol. The molecule has 5 nitrogen and oxygen atoms in total. The molecule has 22 heavy (non-hydrogen) atoms. The molecule has 3 rings (SSSR count). The van der Waals surface area contributed by atoms with Crippen LogP contribution in [0.2, 0.25) is 0 Å². The zero-order valence-corrected chi connectivity index (χ0v) is 13.0. The maximum atomic E-state index is 11.0. The first-order valence-corrected chi connectivity index (χ1v) is 8.09. The van der Waals surface area contributed by atoms with Crippen molar-refractivity contribution in [2.45, 2.75) is 45.1 Å². The van der Waals surface area contributed by atoms with Crippen LogP contribution in [0.5, 0.6) is 0 Å². The predicted octanol–water partition coefficient (Wildman–Crippen LogP) is 3.07. The second-order valence-electron chi connectivity index (χ2n) is 6.20. The minimum atomic E-state index is -0.905. The monoisotopic (exact) mass is 301 g/mol. The summed E-state index contributed by atoms with van der Waals surface area (Å²) >= 11 is 0. The zero-order chi connectivity index (χ0) is 15.5. The molecule has 0 radical (unpaired) electrons. The van der Waals surface area contributed by atoms with E-state index in [1.807, 2.05) is 0 Å². The van der Waals surface area contributed by atoms with Crippen LogP contribution in [0.15, 0.2) is 18.2 Å². The number of hydrogen-bond donors (Lipinski definition) is 2. The summed E-state index contributed by atoms with van der Waals surface area (Å²) < 4.78 is 0. The lowest BCUT2D eigenvalue weighted by Crippen LogP contribution is -2.38. The molecule has 1 aliphatic heterocycles. The Labute approximate surface area is 130 Å². The van der Waals surface area contributed by atoms with E-state index >= 15 is 0 Å². The third-order valence-electron chi connectivity index (χ3n) is 4.58. The maximum Gasteiger partial charge on any atom is 0.335 e. The molecule has 2 aromatic rings. The van der Waals surface area contributed by atoms with Crippen LogP contribution in [-0.2, 0) is 6.42 Å². The molecule has 1 aromatic heterocycles. The number of rotatable bonds is 5. The highest BCUT2D eigenvalue weighted by molar-refractivity contribution is 5.92. The van der Waals surface area contributed by atoms with Gasteiger partial charge < -0.3 is 15.0 Å². The molecule has 0 aliphatic carbocycles. The van der Waals surface area contributed by atoms with Crippen LogP contribution < -0.4 is 0 Å². The normalized spacial score (nSPS) is 19.6. The number of fused-ring (bicyclic) bond motifs is 1. The Morgan fingerprint density at radius 3 is 3.09 bits per heavy atom. The molecule has 1 saturated heterocycles. The Morgan fingerprint density at radius 1 is 1.45 bits per heavy atom. The Morgan fingerprint density at radius 2 is 2.32 bits per heavy atom. The third-order valence-corrected chi connectivity index (χ3v) is 4.58. The lowest BCUT2D eigenvalue weighted by molar-refractivity contribution is 0.0697. The molecule has 0 bridgehead atoms. The van der Waals surface area contributed by atoms with Crippen molar-refractivity contribution in [1.82, 2.24) is 14.9 Å². The number of aromatic carboxylic acids is 1. The van der Waals surface area contributed by atoms with E-state index < -0.39 is 5.97 Å². The summed E-state index contributed by atoms with van der Waals surface area (Å²) in [5, 5.41) is 9.02. The minimum Gasteiger partial charge on any atom is -0.478 e. The molecular formula is C17H23N3O2. The van der Waals surface area contributed by atoms with Crippen LogP contribution in [0.25, 0.3) is 11.0 Å². The number of imidazole rings is 1. The molecule has 1 aromatic carbocycles. The molecular weight excluding hydrogens is 278 g/mol. The summed E-state index contributed by atoms with van der Waals surface area (Å²) in [7, 11) is 0. The van der Waals surface area contributed by atoms with Crippen molar-refractivity contribution in [3.8, 4) is 0 Å². The fourth-order valence-corrected chi connectivity index (χ4v) is 3.25. The number of hydrogen-bond acceptors (Lipinski definition) is 3. The van der Waals surface area contributed by atoms with E-state index in [1.54, 1.807) is 18.2 Å². The SMILES string of the molecule is C[C@H]1CCCCN1CCCc1nc2ccc(C(=O)O)cc2[nH]1. The van der Waals surface area contributed by atoms with E-state index in [0.29, 0.717) is 11.6 Å². The highest BCUT2D eigenvalue weighted by Crippen LogP contribution is 2.18. The van der Waals surface area contributed by atoms with Crippen molar-refractivity contribution in [3.05, 3.63) is 29.6 Å². The van der Waals surface area contributed by atoms with Crippen LogP contribution >= 0.6 is 0 Å². The first-order chi connectivity index (χ1) is 10.6. The molecule has 0 amide bonds. The summed E-state index contributed by atoms with van der Waals surface area (Å²) in [4.78, 5) is 21.3. The van der Waals surface area contributed by atoms with Crippen LogP contribution in [0, 0.1) is 0 Å². The molecule has 2 N–H and O–H groups in total. The van der Waals surface area contributed by atoms with Crippen molar-refractivity contribution in [3.63, 3.8) is 0 Å². The van der Waals surface area contributed by atoms with Gasteiger partial charge in [-0.3, -0.25) is 0 Å². The quantitative estimate of drug-likeness (QED) is 0.890. The van der Waals surface area contributed by atoms with E-state index in [9.17, 15) is 4.79 Å². The minimum absolute atomic E-state index is 0.296. The lowest BCUT2D eigenvalue weighted by Gasteiger charge is -2.33. The van der Waals surface area contributed by atoms with Crippen molar-refractivity contribution < 1.29 is 9.90 Å². The van der Waals surface area contributed by atoms with Gasteiger partial charge in [0.2, 0.25) is 0 Å². The van der Waals surface area contributed by atoms with Crippen LogP contribution in [0.1, 0.15) is 48.8 Å². The average molecular weight is 301 g/mol. The highest BCUT2D eigenvalue weighted by Gasteiger charge is 2.17. The van der Waals surface area contributed by atoms with Gasteiger partial charge in [-0.2, -0.15) is 0 Å². The number of H-pyrrole nitrogens is 1. The van der Waals surface area contributed by atoms with Gasteiger partial charge in [0, 0.05) is 12.5 Å². The van der Waals surface area contributed by atoms with Gasteiger partial charge in [0.05, 0.1) is 16.6 Å². The summed E-state index contributed by atoms with van der Waals surface area (Å²) in [6.07, 6.45) is 5.96. The molecule has 1 fully saturated rings. The number of carboxylic acid groups (broad SMARTS) is 1. The molecule has 5 heteroatoms. The van der Waals surface area contributed by atoms with Gasteiger partial charge in [-0.1, -0.05) is 6.42 Å². The topological polar surface area (TPSA) is 69.2 Å². The van der Waals surface area contributed by atoms with Gasteiger partial charge in [0.15, 0.2) is 0 Å². The molecule has 1 atom stereocenters. The molecule has 0 saturated carbocycles. The van der Waals surface area contributed by atoms with Crippen LogP contribution in [0.4, 0.5) is 0 Å². The zero-order valence-electron chi connectivity index (χ0n) is 13.0. The Bertz CT molecular complexity index is 665. The second-order valence-corrected chi connectivity index (χ2v) is 6.20. The van der Waals surface area contributed by atoms with Gasteiger partial charge in [-0.05, 0) is 57.5 Å². The maximum absolute atomic E-state index is 11.0. The van der Waals surface area contributed by atoms with Gasteiger partial charge in [0.1, 0.15) is 5.82 Å². The number of piperidine rings is 1. The van der Waals surface area contributed by atoms with Gasteiger partial charge in [0.25, 0.3) is 0 Å². The van der Waals surface area contributed by atoms with E-state index in [2.05, 4.69) is 21.8 Å². The fourth-order valence-electron chi connectivity index (χ4n) is 3.25. The molecule has 2 heterocycles. The smallest absolute Gasteiger partial charge is 0.335 e. The van der Waals surface area contributed by atoms with Crippen molar-refractivity contribution >= 4 is 17.0 Å². The largest absolute Gasteiger partial charge is 0.478 e. The molecule has 0 spiro atoms. The number of carboxylic acids is 1. The molecule has 1 aliphatic rings. The summed E-state index contributed by atoms with van der Waals surface area (Å²) in [5.41, 5.74) is 1.94. The Balaban J connectivity index is 1.60. The van der Waals surface area contributed by atoms with Crippen molar-refractivity contribution in [2.24, 2.45) is 0 Å². The fraction of sp³-hybridized carbons (Fsp3) is 0.529. The summed E-state index contributed by atoms with van der Waals surface area (Å²) in [6, 6.07) is 5.72. The number of nitrogens with zero attached hydrogens (tertiary/aromatic N) is 2. The first kappa shape index (κ1) is 15.0. The van der Waals surface area contributed by atoms with Gasteiger partial charge >= 0.3 is 5.97 Å². The third kappa shape index (κ3) is 3.30. The average Bonchev–Trinajstić information content (AvgIpc) is 2.90. The Hall–Kier alpha value is -1.88. The number of benzene rings is 1. The summed E-state index contributed by atoms with van der Waals surface area (Å²) in [6.45, 7) is 4.63. The highest BCUT2D eigenvalue weighted by atomic mass is 16.4. The summed E-state index contributed by atoms with van der Waals surface area (Å²) in [5.74, 6) is 0.0411. The number of aryl methyl sites for hydroxylation is 1. The number of aromatic amines is 1. The number of nitrogens with one attached hydrogen (secondary N) is 1. The van der Waals surface area contributed by atoms with E-state index in [0.717, 1.165) is 36.2 Å². The van der Waals surface area contributed by atoms with E-state index in [1.165, 1.54) is 25.8 Å². The molecule has 0 unspecified atom stereocenters. The lowest BCUT2D eigenvalue weighted by atomic mass is 10.0. The van der Waals surface area contributed by atoms with Crippen molar-refractivity contribution in [1.29, 1.82) is 0 Å². The van der Waals surface area contributed by atoms with Gasteiger partial charge in [-0.25, -0.2) is 9.78 Å². The first-order valence-electron chi connectivity index (χ1n) is 8.09. The van der Waals surface area contributed by atoms with Crippen molar-refractivity contribution in [2.75, 3.05) is 13.1 Å². The Kier molecular flexibility index (Phi) is 4.43. The van der Waals surface area contributed by atoms with E-state index in [-0.39, 0.29) is 0 Å². The molecule has 118 valence electrons. The van der Waals surface area contributed by atoms with Gasteiger partial charge in [-0.15, -0.1) is 0 Å². The van der Waals surface area contributed by atoms with Crippen LogP contribution in [0.3, 0.4) is 0 Å². The van der Waals surface area contributed by atoms with E-state index in [4.69, 9.17) is 5.11 Å². The standard InChI is InChI=1S/C17H23N3O2/c1-12-5-2-3-9-20(12)10-4-6-16-18-14-8-7-13(17(21)22)11-15(14)19-16/h7-8,11-12H,2-6,9-10H2,1H3,(H,18,19)(H,21,22)/t12-/m0/s1.